The van der Waals surface area contributed by atoms with Crippen molar-refractivity contribution >= 4 is 33.2 Å². The van der Waals surface area contributed by atoms with Crippen molar-refractivity contribution in [1.82, 2.24) is 4.31 Å². The van der Waals surface area contributed by atoms with Crippen molar-refractivity contribution in [2.75, 3.05) is 13.7 Å². The maximum Gasteiger partial charge on any atom is 0.247 e. The van der Waals surface area contributed by atoms with Crippen LogP contribution in [-0.4, -0.2) is 32.4 Å². The Kier molecular flexibility index (Phi) is 6.78. The van der Waals surface area contributed by atoms with Crippen LogP contribution in [0.5, 0.6) is 5.75 Å². The van der Waals surface area contributed by atoms with Crippen LogP contribution in [0, 0.1) is 0 Å². The fraction of sp³-hybridized carbons (Fsp3) is 0.571. The van der Waals surface area contributed by atoms with Gasteiger partial charge in [-0.3, -0.25) is 0 Å². The maximum absolute atomic E-state index is 12.9. The largest absolute Gasteiger partial charge is 0.495 e. The zero-order valence-electron chi connectivity index (χ0n) is 12.7. The third-order valence-electron chi connectivity index (χ3n) is 3.05. The first-order valence-electron chi connectivity index (χ1n) is 6.73. The lowest BCUT2D eigenvalue weighted by Gasteiger charge is -2.26. The predicted octanol–water partition coefficient (Wildman–Crippen LogP) is 3.90. The normalized spacial score (nSPS) is 12.2. The zero-order chi connectivity index (χ0) is 16.2. The van der Waals surface area contributed by atoms with Gasteiger partial charge in [-0.1, -0.05) is 18.5 Å². The van der Waals surface area contributed by atoms with Gasteiger partial charge in [0.05, 0.1) is 13.0 Å². The molecule has 0 N–H and O–H groups in total. The fourth-order valence-electron chi connectivity index (χ4n) is 2.15. The molecule has 0 saturated heterocycles. The molecule has 0 amide bonds. The molecule has 7 heteroatoms. The minimum absolute atomic E-state index is 0.0651. The first-order valence-corrected chi connectivity index (χ1v) is 9.09. The van der Waals surface area contributed by atoms with E-state index in [0.29, 0.717) is 17.1 Å². The number of nitrogens with zero attached hydrogens (tertiary/aromatic N) is 1. The Hall–Kier alpha value is -0.490. The molecule has 21 heavy (non-hydrogen) atoms. The highest BCUT2D eigenvalue weighted by Gasteiger charge is 2.30. The molecule has 120 valence electrons. The molecule has 1 aromatic rings. The summed E-state index contributed by atoms with van der Waals surface area (Å²) in [6, 6.07) is 2.88. The van der Waals surface area contributed by atoms with Crippen LogP contribution in [0.3, 0.4) is 0 Å². The maximum atomic E-state index is 12.9. The van der Waals surface area contributed by atoms with Crippen LogP contribution in [0.15, 0.2) is 17.0 Å². The molecule has 0 unspecified atom stereocenters. The van der Waals surface area contributed by atoms with E-state index in [2.05, 4.69) is 0 Å². The van der Waals surface area contributed by atoms with E-state index in [1.807, 2.05) is 20.8 Å². The molecule has 0 bridgehead atoms. The highest BCUT2D eigenvalue weighted by atomic mass is 35.5. The number of hydrogen-bond donors (Lipinski definition) is 0. The summed E-state index contributed by atoms with van der Waals surface area (Å²) >= 11 is 11.9. The van der Waals surface area contributed by atoms with Gasteiger partial charge in [0, 0.05) is 23.2 Å². The first-order chi connectivity index (χ1) is 9.79. The van der Waals surface area contributed by atoms with Gasteiger partial charge in [-0.2, -0.15) is 4.31 Å². The first kappa shape index (κ1) is 18.6. The van der Waals surface area contributed by atoms with Crippen molar-refractivity contribution < 1.29 is 13.2 Å². The molecule has 0 heterocycles. The molecule has 0 aliphatic heterocycles. The van der Waals surface area contributed by atoms with Gasteiger partial charge >= 0.3 is 0 Å². The van der Waals surface area contributed by atoms with Crippen molar-refractivity contribution in [3.05, 3.63) is 22.7 Å². The molecule has 0 aliphatic carbocycles. The van der Waals surface area contributed by atoms with E-state index in [0.717, 1.165) is 6.42 Å². The van der Waals surface area contributed by atoms with Gasteiger partial charge in [0.25, 0.3) is 0 Å². The summed E-state index contributed by atoms with van der Waals surface area (Å²) in [6.07, 6.45) is 0.725. The predicted molar refractivity (Wildman–Crippen MR) is 86.9 cm³/mol. The van der Waals surface area contributed by atoms with Crippen molar-refractivity contribution in [3.63, 3.8) is 0 Å². The van der Waals surface area contributed by atoms with Gasteiger partial charge in [0.1, 0.15) is 10.6 Å². The number of halogens is 2. The Morgan fingerprint density at radius 1 is 1.33 bits per heavy atom. The van der Waals surface area contributed by atoms with Crippen molar-refractivity contribution in [3.8, 4) is 5.75 Å². The molecular weight excluding hydrogens is 333 g/mol. The SMILES string of the molecule is CCCN(C(C)C)S(=O)(=O)c1cc(Cl)cc(CCl)c1OC. The highest BCUT2D eigenvalue weighted by molar-refractivity contribution is 7.89. The third kappa shape index (κ3) is 4.03. The van der Waals surface area contributed by atoms with Gasteiger partial charge < -0.3 is 4.74 Å². The molecule has 1 rings (SSSR count). The summed E-state index contributed by atoms with van der Waals surface area (Å²) in [6.45, 7) is 6.05. The molecule has 0 aromatic heterocycles. The van der Waals surface area contributed by atoms with Gasteiger partial charge in [0.15, 0.2) is 0 Å². The molecule has 4 nitrogen and oxygen atoms in total. The van der Waals surface area contributed by atoms with Crippen LogP contribution in [0.4, 0.5) is 0 Å². The minimum Gasteiger partial charge on any atom is -0.495 e. The van der Waals surface area contributed by atoms with Crippen molar-refractivity contribution in [2.24, 2.45) is 0 Å². The van der Waals surface area contributed by atoms with Gasteiger partial charge in [0.2, 0.25) is 10.0 Å². The second kappa shape index (κ2) is 7.68. The Labute approximate surface area is 137 Å². The van der Waals surface area contributed by atoms with Crippen LogP contribution in [-0.2, 0) is 15.9 Å². The monoisotopic (exact) mass is 353 g/mol. The molecule has 0 aliphatic rings. The van der Waals surface area contributed by atoms with Gasteiger partial charge in [-0.05, 0) is 32.4 Å². The number of sulfonamides is 1. The number of ether oxygens (including phenoxy) is 1. The summed E-state index contributed by atoms with van der Waals surface area (Å²) in [7, 11) is -2.27. The molecule has 0 spiro atoms. The lowest BCUT2D eigenvalue weighted by Crippen LogP contribution is -2.37. The number of hydrogen-bond acceptors (Lipinski definition) is 3. The average Bonchev–Trinajstić information content (AvgIpc) is 2.42. The van der Waals surface area contributed by atoms with Crippen molar-refractivity contribution in [1.29, 1.82) is 0 Å². The van der Waals surface area contributed by atoms with E-state index >= 15 is 0 Å². The van der Waals surface area contributed by atoms with E-state index in [4.69, 9.17) is 27.9 Å². The van der Waals surface area contributed by atoms with Crippen molar-refractivity contribution in [2.45, 2.75) is 44.0 Å². The number of alkyl halides is 1. The lowest BCUT2D eigenvalue weighted by atomic mass is 10.2. The summed E-state index contributed by atoms with van der Waals surface area (Å²) in [5.41, 5.74) is 0.561. The molecule has 0 atom stereocenters. The van der Waals surface area contributed by atoms with Gasteiger partial charge in [-0.25, -0.2) is 8.42 Å². The topological polar surface area (TPSA) is 46.6 Å². The fourth-order valence-corrected chi connectivity index (χ4v) is 4.61. The third-order valence-corrected chi connectivity index (χ3v) is 5.64. The standard InChI is InChI=1S/C14H21Cl2NO3S/c1-5-6-17(10(2)3)21(18,19)13-8-12(16)7-11(9-15)14(13)20-4/h7-8,10H,5-6,9H2,1-4H3. The second-order valence-electron chi connectivity index (χ2n) is 4.94. The van der Waals surface area contributed by atoms with Crippen LogP contribution in [0.1, 0.15) is 32.8 Å². The number of rotatable bonds is 7. The van der Waals surface area contributed by atoms with E-state index in [-0.39, 0.29) is 22.6 Å². The van der Waals surface area contributed by atoms with Gasteiger partial charge in [-0.15, -0.1) is 11.6 Å². The second-order valence-corrected chi connectivity index (χ2v) is 7.50. The zero-order valence-corrected chi connectivity index (χ0v) is 15.0. The highest BCUT2D eigenvalue weighted by Crippen LogP contribution is 2.35. The Bertz CT molecular complexity index is 588. The van der Waals surface area contributed by atoms with Crippen LogP contribution in [0.25, 0.3) is 0 Å². The minimum atomic E-state index is -3.70. The summed E-state index contributed by atoms with van der Waals surface area (Å²) in [4.78, 5) is 0.0651. The summed E-state index contributed by atoms with van der Waals surface area (Å²) in [5, 5.41) is 0.324. The Balaban J connectivity index is 3.52. The average molecular weight is 354 g/mol. The number of benzene rings is 1. The van der Waals surface area contributed by atoms with Crippen LogP contribution >= 0.6 is 23.2 Å². The number of methoxy groups -OCH3 is 1. The molecule has 0 saturated carbocycles. The van der Waals surface area contributed by atoms with E-state index in [9.17, 15) is 8.42 Å². The Morgan fingerprint density at radius 3 is 2.38 bits per heavy atom. The van der Waals surface area contributed by atoms with E-state index in [1.54, 1.807) is 6.07 Å². The summed E-state index contributed by atoms with van der Waals surface area (Å²) < 4.78 is 32.5. The molecule has 0 fully saturated rings. The quantitative estimate of drug-likeness (QED) is 0.698. The Morgan fingerprint density at radius 2 is 1.95 bits per heavy atom. The van der Waals surface area contributed by atoms with E-state index < -0.39 is 10.0 Å². The lowest BCUT2D eigenvalue weighted by molar-refractivity contribution is 0.348. The van der Waals surface area contributed by atoms with Crippen LogP contribution in [0.2, 0.25) is 5.02 Å². The van der Waals surface area contributed by atoms with E-state index in [1.165, 1.54) is 17.5 Å². The molecule has 0 radical (unpaired) electrons. The van der Waals surface area contributed by atoms with Crippen LogP contribution < -0.4 is 4.74 Å². The summed E-state index contributed by atoms with van der Waals surface area (Å²) in [5.74, 6) is 0.387. The smallest absolute Gasteiger partial charge is 0.247 e. The molecular formula is C14H21Cl2NO3S. The molecule has 1 aromatic carbocycles.